The summed E-state index contributed by atoms with van der Waals surface area (Å²) in [6.45, 7) is -1.06. The molecule has 8 nitrogen and oxygen atoms in total. The Hall–Kier alpha value is -4.57. The van der Waals surface area contributed by atoms with E-state index >= 15 is 8.78 Å². The number of nitrogens with zero attached hydrogens (tertiary/aromatic N) is 1. The fourth-order valence-electron chi connectivity index (χ4n) is 3.77. The topological polar surface area (TPSA) is 124 Å². The number of H-pyrrole nitrogens is 1. The minimum absolute atomic E-state index is 0.000453. The Morgan fingerprint density at radius 3 is 2.51 bits per heavy atom. The molecule has 1 amide bonds. The quantitative estimate of drug-likeness (QED) is 0.235. The molecule has 3 N–H and O–H groups in total. The number of ether oxygens (including phenoxy) is 1. The number of aromatic nitrogens is 1. The number of nitrogens with one attached hydrogen (secondary N) is 3. The molecule has 4 rings (SSSR count). The fourth-order valence-corrected chi connectivity index (χ4v) is 4.33. The Labute approximate surface area is 220 Å². The van der Waals surface area contributed by atoms with Crippen LogP contribution in [0.1, 0.15) is 27.2 Å². The summed E-state index contributed by atoms with van der Waals surface area (Å²) in [5.74, 6) is -4.73. The molecule has 0 atom stereocenters. The average Bonchev–Trinajstić information content (AvgIpc) is 3.30. The molecule has 0 aliphatic rings. The number of carbonyl (C=O) groups is 1. The average molecular weight is 561 g/mol. The highest BCUT2D eigenvalue weighted by Crippen LogP contribution is 2.39. The molecule has 13 heteroatoms. The molecular weight excluding hydrogens is 540 g/mol. The van der Waals surface area contributed by atoms with E-state index in [9.17, 15) is 22.0 Å². The molecular formula is C26H20F4N4O4S. The fraction of sp³-hybridized carbons (Fsp3) is 0.154. The van der Waals surface area contributed by atoms with Gasteiger partial charge in [-0.25, -0.2) is 17.2 Å². The Kier molecular flexibility index (Phi) is 7.51. The van der Waals surface area contributed by atoms with E-state index in [1.54, 1.807) is 12.1 Å². The van der Waals surface area contributed by atoms with Gasteiger partial charge < -0.3 is 15.0 Å². The Morgan fingerprint density at radius 2 is 1.82 bits per heavy atom. The van der Waals surface area contributed by atoms with Crippen molar-refractivity contribution in [1.29, 1.82) is 5.26 Å². The third kappa shape index (κ3) is 6.66. The van der Waals surface area contributed by atoms with E-state index in [0.717, 1.165) is 36.6 Å². The predicted molar refractivity (Wildman–Crippen MR) is 137 cm³/mol. The van der Waals surface area contributed by atoms with Gasteiger partial charge in [-0.05, 0) is 42.5 Å². The van der Waals surface area contributed by atoms with Crippen LogP contribution in [0.15, 0.2) is 66.7 Å². The molecule has 202 valence electrons. The molecule has 39 heavy (non-hydrogen) atoms. The van der Waals surface area contributed by atoms with E-state index < -0.39 is 46.0 Å². The van der Waals surface area contributed by atoms with Crippen molar-refractivity contribution in [2.45, 2.75) is 12.3 Å². The van der Waals surface area contributed by atoms with Crippen LogP contribution >= 0.6 is 0 Å². The second-order valence-electron chi connectivity index (χ2n) is 8.53. The molecule has 0 bridgehead atoms. The molecule has 0 spiro atoms. The number of anilines is 2. The standard InChI is InChI=1S/C26H20F4N4O4S/c1-39(36,37)34-19-6-5-16-8-23(33-22(16)12-19)25(35)32-20-9-18(10-21(11-20)38-14-24(27)28)26(29,30)17-4-2-3-15(7-17)13-31/h2-12,24,33-34H,14H2,1H3,(H,32,35). The third-order valence-electron chi connectivity index (χ3n) is 5.43. The molecule has 0 aliphatic carbocycles. The first-order valence-corrected chi connectivity index (χ1v) is 13.1. The zero-order valence-corrected chi connectivity index (χ0v) is 21.0. The molecule has 0 aliphatic heterocycles. The first-order chi connectivity index (χ1) is 18.3. The van der Waals surface area contributed by atoms with Gasteiger partial charge in [-0.1, -0.05) is 18.2 Å². The molecule has 0 saturated heterocycles. The number of halogens is 4. The number of fused-ring (bicyclic) bond motifs is 1. The van der Waals surface area contributed by atoms with E-state index in [4.69, 9.17) is 10.00 Å². The lowest BCUT2D eigenvalue weighted by Gasteiger charge is -2.20. The van der Waals surface area contributed by atoms with E-state index in [1.807, 2.05) is 0 Å². The van der Waals surface area contributed by atoms with Crippen molar-refractivity contribution in [3.05, 3.63) is 89.1 Å². The first kappa shape index (κ1) is 27.5. The van der Waals surface area contributed by atoms with Gasteiger partial charge in [0.1, 0.15) is 18.1 Å². The highest BCUT2D eigenvalue weighted by molar-refractivity contribution is 7.92. The zero-order chi connectivity index (χ0) is 28.4. The van der Waals surface area contributed by atoms with Crippen LogP contribution in [0, 0.1) is 11.3 Å². The van der Waals surface area contributed by atoms with Gasteiger partial charge >= 0.3 is 0 Å². The van der Waals surface area contributed by atoms with Crippen molar-refractivity contribution in [3.63, 3.8) is 0 Å². The smallest absolute Gasteiger partial charge is 0.298 e. The summed E-state index contributed by atoms with van der Waals surface area (Å²) < 4.78 is 86.6. The van der Waals surface area contributed by atoms with Crippen molar-refractivity contribution in [2.24, 2.45) is 0 Å². The van der Waals surface area contributed by atoms with Crippen molar-refractivity contribution < 1.29 is 35.5 Å². The van der Waals surface area contributed by atoms with Crippen molar-refractivity contribution >= 4 is 38.2 Å². The van der Waals surface area contributed by atoms with Gasteiger partial charge in [0.2, 0.25) is 10.0 Å². The Balaban J connectivity index is 1.67. The third-order valence-corrected chi connectivity index (χ3v) is 6.03. The van der Waals surface area contributed by atoms with E-state index in [1.165, 1.54) is 30.3 Å². The van der Waals surface area contributed by atoms with Gasteiger partial charge in [0.25, 0.3) is 18.3 Å². The van der Waals surface area contributed by atoms with Crippen molar-refractivity contribution in [1.82, 2.24) is 4.98 Å². The molecule has 4 aromatic rings. The van der Waals surface area contributed by atoms with Crippen LogP contribution in [0.2, 0.25) is 0 Å². The number of benzene rings is 3. The molecule has 0 fully saturated rings. The van der Waals surface area contributed by atoms with Gasteiger partial charge in [-0.3, -0.25) is 9.52 Å². The van der Waals surface area contributed by atoms with Crippen LogP contribution in [0.3, 0.4) is 0 Å². The summed E-state index contributed by atoms with van der Waals surface area (Å²) in [7, 11) is -3.53. The second-order valence-corrected chi connectivity index (χ2v) is 10.3. The minimum atomic E-state index is -3.67. The number of nitriles is 1. The van der Waals surface area contributed by atoms with Gasteiger partial charge in [0, 0.05) is 33.8 Å². The van der Waals surface area contributed by atoms with Crippen LogP contribution in [-0.4, -0.2) is 38.6 Å². The predicted octanol–water partition coefficient (Wildman–Crippen LogP) is 5.45. The monoisotopic (exact) mass is 560 g/mol. The maximum Gasteiger partial charge on any atom is 0.298 e. The number of aromatic amines is 1. The minimum Gasteiger partial charge on any atom is -0.488 e. The normalized spacial score (nSPS) is 11.8. The van der Waals surface area contributed by atoms with Crippen molar-refractivity contribution in [2.75, 3.05) is 22.9 Å². The van der Waals surface area contributed by atoms with Crippen LogP contribution < -0.4 is 14.8 Å². The summed E-state index contributed by atoms with van der Waals surface area (Å²) in [4.78, 5) is 15.8. The largest absolute Gasteiger partial charge is 0.488 e. The number of hydrogen-bond donors (Lipinski definition) is 3. The Bertz CT molecular complexity index is 1700. The van der Waals surface area contributed by atoms with Gasteiger partial charge in [-0.15, -0.1) is 0 Å². The van der Waals surface area contributed by atoms with Gasteiger partial charge in [0.15, 0.2) is 0 Å². The van der Waals surface area contributed by atoms with Crippen molar-refractivity contribution in [3.8, 4) is 11.8 Å². The van der Waals surface area contributed by atoms with Crippen LogP contribution in [0.25, 0.3) is 10.9 Å². The van der Waals surface area contributed by atoms with Crippen LogP contribution in [0.4, 0.5) is 28.9 Å². The molecule has 0 saturated carbocycles. The number of amides is 1. The number of rotatable bonds is 9. The summed E-state index contributed by atoms with van der Waals surface area (Å²) in [6, 6.07) is 15.5. The summed E-state index contributed by atoms with van der Waals surface area (Å²) >= 11 is 0. The van der Waals surface area contributed by atoms with Gasteiger partial charge in [0.05, 0.1) is 23.6 Å². The lowest BCUT2D eigenvalue weighted by molar-refractivity contribution is 0.0421. The highest BCUT2D eigenvalue weighted by atomic mass is 32.2. The molecule has 0 unspecified atom stereocenters. The van der Waals surface area contributed by atoms with E-state index in [0.29, 0.717) is 10.9 Å². The lowest BCUT2D eigenvalue weighted by Crippen LogP contribution is -2.18. The number of alkyl halides is 4. The zero-order valence-electron chi connectivity index (χ0n) is 20.1. The molecule has 1 aromatic heterocycles. The number of hydrogen-bond acceptors (Lipinski definition) is 5. The summed E-state index contributed by atoms with van der Waals surface area (Å²) in [5.41, 5.74) is -0.625. The Morgan fingerprint density at radius 1 is 1.05 bits per heavy atom. The maximum absolute atomic E-state index is 15.4. The lowest BCUT2D eigenvalue weighted by atomic mass is 9.98. The van der Waals surface area contributed by atoms with Crippen LogP contribution in [-0.2, 0) is 15.9 Å². The summed E-state index contributed by atoms with van der Waals surface area (Å²) in [6.07, 6.45) is -1.88. The molecule has 1 heterocycles. The molecule has 0 radical (unpaired) electrons. The SMILES string of the molecule is CS(=O)(=O)Nc1ccc2cc(C(=O)Nc3cc(OCC(F)F)cc(C(F)(F)c4cccc(C#N)c4)c3)[nH]c2c1. The summed E-state index contributed by atoms with van der Waals surface area (Å²) in [5, 5.41) is 12.1. The van der Waals surface area contributed by atoms with E-state index in [-0.39, 0.29) is 28.4 Å². The number of carbonyl (C=O) groups excluding carboxylic acids is 1. The number of sulfonamides is 1. The second kappa shape index (κ2) is 10.7. The molecule has 3 aromatic carbocycles. The van der Waals surface area contributed by atoms with E-state index in [2.05, 4.69) is 15.0 Å². The maximum atomic E-state index is 15.4. The van der Waals surface area contributed by atoms with Gasteiger partial charge in [-0.2, -0.15) is 14.0 Å². The van der Waals surface area contributed by atoms with Crippen LogP contribution in [0.5, 0.6) is 5.75 Å². The first-order valence-electron chi connectivity index (χ1n) is 11.2. The highest BCUT2D eigenvalue weighted by Gasteiger charge is 2.35.